The van der Waals surface area contributed by atoms with Crippen LogP contribution >= 0.6 is 0 Å². The van der Waals surface area contributed by atoms with Crippen molar-refractivity contribution in [3.8, 4) is 5.75 Å². The molecule has 0 aliphatic carbocycles. The number of phenolic OH excluding ortho intramolecular Hbond substituents is 1. The molecule has 0 fully saturated rings. The first-order chi connectivity index (χ1) is 6.03. The van der Waals surface area contributed by atoms with Crippen LogP contribution in [-0.4, -0.2) is 20.6 Å². The molecule has 0 bridgehead atoms. The molecule has 5 heteroatoms. The number of sulfonamides is 1. The standard InChI is InChI=1S/C8H11NO3S/c1-9-13(11,12)6-7-2-4-8(10)5-3-7/h2-5,9-10H,6H2,1H3. The number of nitrogens with one attached hydrogen (secondary N) is 1. The summed E-state index contributed by atoms with van der Waals surface area (Å²) in [6.07, 6.45) is 0. The van der Waals surface area contributed by atoms with Crippen LogP contribution in [0.5, 0.6) is 5.75 Å². The number of hydrogen-bond acceptors (Lipinski definition) is 3. The highest BCUT2D eigenvalue weighted by molar-refractivity contribution is 7.88. The van der Waals surface area contributed by atoms with Crippen molar-refractivity contribution >= 4 is 10.0 Å². The Hall–Kier alpha value is -1.07. The average Bonchev–Trinajstić information content (AvgIpc) is 2.09. The maximum atomic E-state index is 11.1. The van der Waals surface area contributed by atoms with Gasteiger partial charge in [-0.15, -0.1) is 0 Å². The van der Waals surface area contributed by atoms with Gasteiger partial charge < -0.3 is 5.11 Å². The largest absolute Gasteiger partial charge is 0.508 e. The molecule has 0 saturated carbocycles. The first-order valence-electron chi connectivity index (χ1n) is 3.72. The summed E-state index contributed by atoms with van der Waals surface area (Å²) in [6, 6.07) is 6.06. The Morgan fingerprint density at radius 2 is 1.85 bits per heavy atom. The van der Waals surface area contributed by atoms with Gasteiger partial charge in [-0.1, -0.05) is 12.1 Å². The first-order valence-corrected chi connectivity index (χ1v) is 5.38. The summed E-state index contributed by atoms with van der Waals surface area (Å²) in [7, 11) is -1.85. The van der Waals surface area contributed by atoms with Crippen molar-refractivity contribution in [2.75, 3.05) is 7.05 Å². The van der Waals surface area contributed by atoms with Crippen molar-refractivity contribution in [1.29, 1.82) is 0 Å². The fraction of sp³-hybridized carbons (Fsp3) is 0.250. The van der Waals surface area contributed by atoms with Gasteiger partial charge in [0, 0.05) is 0 Å². The third kappa shape index (κ3) is 3.04. The van der Waals surface area contributed by atoms with Crippen LogP contribution in [0, 0.1) is 0 Å². The van der Waals surface area contributed by atoms with Gasteiger partial charge >= 0.3 is 0 Å². The van der Waals surface area contributed by atoms with Crippen molar-refractivity contribution in [1.82, 2.24) is 4.72 Å². The lowest BCUT2D eigenvalue weighted by atomic mass is 10.2. The number of benzene rings is 1. The van der Waals surface area contributed by atoms with Gasteiger partial charge in [-0.05, 0) is 24.7 Å². The number of aromatic hydroxyl groups is 1. The molecule has 72 valence electrons. The minimum Gasteiger partial charge on any atom is -0.508 e. The lowest BCUT2D eigenvalue weighted by Gasteiger charge is -2.01. The lowest BCUT2D eigenvalue weighted by Crippen LogP contribution is -2.20. The zero-order chi connectivity index (χ0) is 9.90. The molecule has 4 nitrogen and oxygen atoms in total. The van der Waals surface area contributed by atoms with Crippen LogP contribution in [0.15, 0.2) is 24.3 Å². The molecule has 0 saturated heterocycles. The molecule has 2 N–H and O–H groups in total. The van der Waals surface area contributed by atoms with E-state index in [1.807, 2.05) is 0 Å². The minimum atomic E-state index is -3.22. The molecule has 0 unspecified atom stereocenters. The van der Waals surface area contributed by atoms with Gasteiger partial charge in [0.25, 0.3) is 0 Å². The third-order valence-electron chi connectivity index (χ3n) is 1.60. The van der Waals surface area contributed by atoms with Crippen molar-refractivity contribution in [2.45, 2.75) is 5.75 Å². The highest BCUT2D eigenvalue weighted by Crippen LogP contribution is 2.11. The van der Waals surface area contributed by atoms with E-state index in [0.717, 1.165) is 0 Å². The molecule has 0 aromatic heterocycles. The molecular weight excluding hydrogens is 190 g/mol. The van der Waals surface area contributed by atoms with Crippen LogP contribution in [-0.2, 0) is 15.8 Å². The Labute approximate surface area is 77.3 Å². The van der Waals surface area contributed by atoms with Crippen molar-refractivity contribution in [3.63, 3.8) is 0 Å². The van der Waals surface area contributed by atoms with E-state index in [4.69, 9.17) is 5.11 Å². The van der Waals surface area contributed by atoms with Gasteiger partial charge in [-0.2, -0.15) is 0 Å². The normalized spacial score (nSPS) is 11.5. The van der Waals surface area contributed by atoms with Crippen LogP contribution in [0.3, 0.4) is 0 Å². The number of rotatable bonds is 3. The summed E-state index contributed by atoms with van der Waals surface area (Å²) in [5.74, 6) is 0.0645. The molecule has 0 atom stereocenters. The van der Waals surface area contributed by atoms with Crippen LogP contribution < -0.4 is 4.72 Å². The highest BCUT2D eigenvalue weighted by Gasteiger charge is 2.07. The third-order valence-corrected chi connectivity index (χ3v) is 2.94. The Kier molecular flexibility index (Phi) is 2.90. The quantitative estimate of drug-likeness (QED) is 0.745. The summed E-state index contributed by atoms with van der Waals surface area (Å²) in [5, 5.41) is 8.95. The van der Waals surface area contributed by atoms with Gasteiger partial charge in [-0.25, -0.2) is 13.1 Å². The Balaban J connectivity index is 2.82. The van der Waals surface area contributed by atoms with E-state index in [1.54, 1.807) is 12.1 Å². The van der Waals surface area contributed by atoms with Crippen LogP contribution in [0.1, 0.15) is 5.56 Å². The van der Waals surface area contributed by atoms with Gasteiger partial charge in [0.2, 0.25) is 10.0 Å². The van der Waals surface area contributed by atoms with Crippen molar-refractivity contribution in [2.24, 2.45) is 0 Å². The monoisotopic (exact) mass is 201 g/mol. The molecule has 0 aliphatic heterocycles. The predicted octanol–water partition coefficient (Wildman–Crippen LogP) is 0.441. The molecule has 0 spiro atoms. The van der Waals surface area contributed by atoms with E-state index >= 15 is 0 Å². The van der Waals surface area contributed by atoms with E-state index < -0.39 is 10.0 Å². The Morgan fingerprint density at radius 1 is 1.31 bits per heavy atom. The van der Waals surface area contributed by atoms with E-state index in [2.05, 4.69) is 4.72 Å². The maximum absolute atomic E-state index is 11.1. The lowest BCUT2D eigenvalue weighted by molar-refractivity contribution is 0.475. The van der Waals surface area contributed by atoms with Crippen molar-refractivity contribution in [3.05, 3.63) is 29.8 Å². The molecule has 0 radical (unpaired) electrons. The van der Waals surface area contributed by atoms with Gasteiger partial charge in [0.1, 0.15) is 5.75 Å². The van der Waals surface area contributed by atoms with Crippen molar-refractivity contribution < 1.29 is 13.5 Å². The molecule has 0 amide bonds. The second kappa shape index (κ2) is 3.76. The zero-order valence-corrected chi connectivity index (χ0v) is 8.00. The summed E-state index contributed by atoms with van der Waals surface area (Å²) in [6.45, 7) is 0. The highest BCUT2D eigenvalue weighted by atomic mass is 32.2. The molecule has 1 aromatic rings. The average molecular weight is 201 g/mol. The maximum Gasteiger partial charge on any atom is 0.215 e. The molecule has 13 heavy (non-hydrogen) atoms. The molecule has 0 aliphatic rings. The topological polar surface area (TPSA) is 66.4 Å². The van der Waals surface area contributed by atoms with E-state index in [9.17, 15) is 8.42 Å². The fourth-order valence-corrected chi connectivity index (χ4v) is 1.66. The zero-order valence-electron chi connectivity index (χ0n) is 7.19. The van der Waals surface area contributed by atoms with E-state index in [-0.39, 0.29) is 11.5 Å². The van der Waals surface area contributed by atoms with E-state index in [1.165, 1.54) is 19.2 Å². The van der Waals surface area contributed by atoms with Gasteiger partial charge in [0.15, 0.2) is 0 Å². The first kappa shape index (κ1) is 10.0. The summed E-state index contributed by atoms with van der Waals surface area (Å²) in [4.78, 5) is 0. The van der Waals surface area contributed by atoms with Crippen LogP contribution in [0.4, 0.5) is 0 Å². The van der Waals surface area contributed by atoms with E-state index in [0.29, 0.717) is 5.56 Å². The summed E-state index contributed by atoms with van der Waals surface area (Å²) in [5.41, 5.74) is 0.646. The molecule has 0 heterocycles. The number of phenols is 1. The Morgan fingerprint density at radius 3 is 2.31 bits per heavy atom. The number of hydrogen-bond donors (Lipinski definition) is 2. The minimum absolute atomic E-state index is 0.0657. The van der Waals surface area contributed by atoms with Gasteiger partial charge in [-0.3, -0.25) is 0 Å². The van der Waals surface area contributed by atoms with Crippen LogP contribution in [0.2, 0.25) is 0 Å². The molecule has 1 aromatic carbocycles. The Bertz CT molecular complexity index is 369. The summed E-state index contributed by atoms with van der Waals surface area (Å²) < 4.78 is 24.4. The predicted molar refractivity (Wildman–Crippen MR) is 49.8 cm³/mol. The fourth-order valence-electron chi connectivity index (χ4n) is 0.884. The smallest absolute Gasteiger partial charge is 0.215 e. The second-order valence-electron chi connectivity index (χ2n) is 2.63. The second-order valence-corrected chi connectivity index (χ2v) is 4.56. The van der Waals surface area contributed by atoms with Crippen LogP contribution in [0.25, 0.3) is 0 Å². The van der Waals surface area contributed by atoms with Gasteiger partial charge in [0.05, 0.1) is 5.75 Å². The molecule has 1 rings (SSSR count). The SMILES string of the molecule is CNS(=O)(=O)Cc1ccc(O)cc1. The molecular formula is C8H11NO3S. The summed E-state index contributed by atoms with van der Waals surface area (Å²) >= 11 is 0.